The van der Waals surface area contributed by atoms with Crippen molar-refractivity contribution in [2.45, 2.75) is 31.3 Å². The highest BCUT2D eigenvalue weighted by Crippen LogP contribution is 2.20. The van der Waals surface area contributed by atoms with Gasteiger partial charge in [-0.05, 0) is 37.5 Å². The summed E-state index contributed by atoms with van der Waals surface area (Å²) >= 11 is 0. The van der Waals surface area contributed by atoms with Crippen molar-refractivity contribution in [2.75, 3.05) is 13.1 Å². The molecule has 1 fully saturated rings. The SMILES string of the molecule is CC(N)(C(=O)NC1CCN(C(=O)c2ccccc2F)CC1)c1ccccc1.Cl. The lowest BCUT2D eigenvalue weighted by molar-refractivity contribution is -0.127. The number of piperidine rings is 1. The van der Waals surface area contributed by atoms with Crippen molar-refractivity contribution in [3.63, 3.8) is 0 Å². The summed E-state index contributed by atoms with van der Waals surface area (Å²) in [5.74, 6) is -1.07. The van der Waals surface area contributed by atoms with Crippen molar-refractivity contribution in [3.8, 4) is 0 Å². The summed E-state index contributed by atoms with van der Waals surface area (Å²) in [4.78, 5) is 26.7. The smallest absolute Gasteiger partial charge is 0.256 e. The minimum absolute atomic E-state index is 0. The third kappa shape index (κ3) is 4.69. The summed E-state index contributed by atoms with van der Waals surface area (Å²) in [6, 6.07) is 15.1. The average molecular weight is 406 g/mol. The van der Waals surface area contributed by atoms with Crippen LogP contribution in [0.25, 0.3) is 0 Å². The van der Waals surface area contributed by atoms with Crippen LogP contribution in [0.5, 0.6) is 0 Å². The standard InChI is InChI=1S/C21H24FN3O2.ClH/c1-21(23,15-7-3-2-4-8-15)20(27)24-16-11-13-25(14-12-16)19(26)17-9-5-6-10-18(17)22;/h2-10,16H,11-14,23H2,1H3,(H,24,27);1H. The van der Waals surface area contributed by atoms with Gasteiger partial charge in [0.05, 0.1) is 5.56 Å². The molecule has 2 amide bonds. The molecule has 0 radical (unpaired) electrons. The molecule has 0 spiro atoms. The number of benzene rings is 2. The van der Waals surface area contributed by atoms with E-state index in [1.54, 1.807) is 24.0 Å². The minimum Gasteiger partial charge on any atom is -0.351 e. The van der Waals surface area contributed by atoms with Gasteiger partial charge in [0, 0.05) is 19.1 Å². The Morgan fingerprint density at radius 1 is 1.07 bits per heavy atom. The van der Waals surface area contributed by atoms with E-state index in [2.05, 4.69) is 5.32 Å². The zero-order chi connectivity index (χ0) is 19.4. The second-order valence-electron chi connectivity index (χ2n) is 7.09. The van der Waals surface area contributed by atoms with E-state index >= 15 is 0 Å². The topological polar surface area (TPSA) is 75.4 Å². The molecule has 2 aromatic rings. The van der Waals surface area contributed by atoms with Crippen LogP contribution in [0.3, 0.4) is 0 Å². The number of halogens is 2. The first-order chi connectivity index (χ1) is 12.9. The molecule has 1 saturated heterocycles. The van der Waals surface area contributed by atoms with Crippen LogP contribution in [-0.4, -0.2) is 35.8 Å². The molecule has 1 unspecified atom stereocenters. The van der Waals surface area contributed by atoms with Crippen LogP contribution in [0.15, 0.2) is 54.6 Å². The van der Waals surface area contributed by atoms with E-state index in [0.29, 0.717) is 25.9 Å². The highest BCUT2D eigenvalue weighted by Gasteiger charge is 2.33. The number of nitrogens with two attached hydrogens (primary N) is 1. The van der Waals surface area contributed by atoms with Gasteiger partial charge in [0.2, 0.25) is 5.91 Å². The number of amides is 2. The summed E-state index contributed by atoms with van der Waals surface area (Å²) in [5, 5.41) is 2.99. The maximum absolute atomic E-state index is 13.8. The van der Waals surface area contributed by atoms with Gasteiger partial charge in [-0.1, -0.05) is 42.5 Å². The molecule has 28 heavy (non-hydrogen) atoms. The summed E-state index contributed by atoms with van der Waals surface area (Å²) in [7, 11) is 0. The van der Waals surface area contributed by atoms with E-state index < -0.39 is 11.4 Å². The molecule has 1 aliphatic rings. The van der Waals surface area contributed by atoms with E-state index in [0.717, 1.165) is 5.56 Å². The minimum atomic E-state index is -1.12. The van der Waals surface area contributed by atoms with Crippen LogP contribution < -0.4 is 11.1 Å². The first-order valence-corrected chi connectivity index (χ1v) is 9.09. The molecule has 7 heteroatoms. The molecule has 1 aliphatic heterocycles. The Kier molecular flexibility index (Phi) is 7.16. The Morgan fingerprint density at radius 2 is 1.64 bits per heavy atom. The largest absolute Gasteiger partial charge is 0.351 e. The fraction of sp³-hybridized carbons (Fsp3) is 0.333. The van der Waals surface area contributed by atoms with E-state index in [1.165, 1.54) is 12.1 Å². The molecular formula is C21H25ClFN3O2. The monoisotopic (exact) mass is 405 g/mol. The third-order valence-corrected chi connectivity index (χ3v) is 5.07. The zero-order valence-electron chi connectivity index (χ0n) is 15.7. The number of nitrogens with one attached hydrogen (secondary N) is 1. The molecule has 2 aromatic carbocycles. The Hall–Kier alpha value is -2.44. The van der Waals surface area contributed by atoms with E-state index in [9.17, 15) is 14.0 Å². The highest BCUT2D eigenvalue weighted by molar-refractivity contribution is 5.94. The molecule has 1 heterocycles. The van der Waals surface area contributed by atoms with Crippen molar-refractivity contribution in [1.29, 1.82) is 0 Å². The lowest BCUT2D eigenvalue weighted by atomic mass is 9.91. The number of carbonyl (C=O) groups excluding carboxylic acids is 2. The number of hydrogen-bond donors (Lipinski definition) is 2. The van der Waals surface area contributed by atoms with Gasteiger partial charge >= 0.3 is 0 Å². The van der Waals surface area contributed by atoms with Gasteiger partial charge in [0.25, 0.3) is 5.91 Å². The summed E-state index contributed by atoms with van der Waals surface area (Å²) < 4.78 is 13.8. The van der Waals surface area contributed by atoms with Gasteiger partial charge in [-0.2, -0.15) is 0 Å². The van der Waals surface area contributed by atoms with Crippen LogP contribution in [0.2, 0.25) is 0 Å². The second-order valence-corrected chi connectivity index (χ2v) is 7.09. The number of rotatable bonds is 4. The van der Waals surface area contributed by atoms with Crippen LogP contribution in [0, 0.1) is 5.82 Å². The number of likely N-dealkylation sites (tertiary alicyclic amines) is 1. The van der Waals surface area contributed by atoms with Gasteiger partial charge in [-0.15, -0.1) is 12.4 Å². The lowest BCUT2D eigenvalue weighted by Crippen LogP contribution is -2.54. The fourth-order valence-corrected chi connectivity index (χ4v) is 3.28. The van der Waals surface area contributed by atoms with Crippen molar-refractivity contribution < 1.29 is 14.0 Å². The molecule has 150 valence electrons. The summed E-state index contributed by atoms with van der Waals surface area (Å²) in [6.45, 7) is 2.62. The van der Waals surface area contributed by atoms with E-state index in [1.807, 2.05) is 30.3 Å². The maximum Gasteiger partial charge on any atom is 0.256 e. The normalized spacial score (nSPS) is 16.6. The van der Waals surface area contributed by atoms with Crippen LogP contribution in [0.1, 0.15) is 35.7 Å². The fourth-order valence-electron chi connectivity index (χ4n) is 3.28. The maximum atomic E-state index is 13.8. The molecule has 0 aliphatic carbocycles. The quantitative estimate of drug-likeness (QED) is 0.821. The van der Waals surface area contributed by atoms with E-state index in [-0.39, 0.29) is 35.8 Å². The molecule has 0 saturated carbocycles. The van der Waals surface area contributed by atoms with Crippen LogP contribution in [-0.2, 0) is 10.3 Å². The molecule has 1 atom stereocenters. The van der Waals surface area contributed by atoms with Gasteiger partial charge in [-0.3, -0.25) is 9.59 Å². The van der Waals surface area contributed by atoms with Gasteiger partial charge < -0.3 is 16.0 Å². The number of hydrogen-bond acceptors (Lipinski definition) is 3. The second kappa shape index (κ2) is 9.17. The van der Waals surface area contributed by atoms with Crippen molar-refractivity contribution >= 4 is 24.2 Å². The summed E-state index contributed by atoms with van der Waals surface area (Å²) in [5.41, 5.74) is 5.95. The summed E-state index contributed by atoms with van der Waals surface area (Å²) in [6.07, 6.45) is 1.22. The highest BCUT2D eigenvalue weighted by atomic mass is 35.5. The predicted molar refractivity (Wildman–Crippen MR) is 109 cm³/mol. The van der Waals surface area contributed by atoms with E-state index in [4.69, 9.17) is 5.73 Å². The molecular weight excluding hydrogens is 381 g/mol. The Morgan fingerprint density at radius 3 is 2.25 bits per heavy atom. The van der Waals surface area contributed by atoms with Gasteiger partial charge in [0.1, 0.15) is 11.4 Å². The average Bonchev–Trinajstić information content (AvgIpc) is 2.69. The first-order valence-electron chi connectivity index (χ1n) is 9.09. The first kappa shape index (κ1) is 21.9. The molecule has 5 nitrogen and oxygen atoms in total. The molecule has 0 aromatic heterocycles. The van der Waals surface area contributed by atoms with Crippen molar-refractivity contribution in [3.05, 3.63) is 71.5 Å². The van der Waals surface area contributed by atoms with Crippen molar-refractivity contribution in [2.24, 2.45) is 5.73 Å². The number of nitrogens with zero attached hydrogens (tertiary/aromatic N) is 1. The zero-order valence-corrected chi connectivity index (χ0v) is 16.5. The van der Waals surface area contributed by atoms with Gasteiger partial charge in [0.15, 0.2) is 0 Å². The Labute approximate surface area is 170 Å². The van der Waals surface area contributed by atoms with Crippen molar-refractivity contribution in [1.82, 2.24) is 10.2 Å². The Bertz CT molecular complexity index is 821. The molecule has 0 bridgehead atoms. The number of carbonyl (C=O) groups is 2. The van der Waals surface area contributed by atoms with Crippen LogP contribution >= 0.6 is 12.4 Å². The Balaban J connectivity index is 0.00000280. The molecule has 3 rings (SSSR count). The van der Waals surface area contributed by atoms with Gasteiger partial charge in [-0.25, -0.2) is 4.39 Å². The third-order valence-electron chi connectivity index (χ3n) is 5.07. The predicted octanol–water partition coefficient (Wildman–Crippen LogP) is 2.84. The lowest BCUT2D eigenvalue weighted by Gasteiger charge is -2.34. The van der Waals surface area contributed by atoms with Crippen LogP contribution in [0.4, 0.5) is 4.39 Å². The molecule has 3 N–H and O–H groups in total.